The van der Waals surface area contributed by atoms with E-state index in [0.29, 0.717) is 6.54 Å². The highest BCUT2D eigenvalue weighted by molar-refractivity contribution is 6.05. The van der Waals surface area contributed by atoms with Gasteiger partial charge in [0.2, 0.25) is 0 Å². The largest absolute Gasteiger partial charge is 0.393 e. The zero-order valence-electron chi connectivity index (χ0n) is 14.8. The fourth-order valence-corrected chi connectivity index (χ4v) is 2.35. The summed E-state index contributed by atoms with van der Waals surface area (Å²) in [6.45, 7) is 9.68. The number of fused-ring (bicyclic) bond motifs is 1. The van der Waals surface area contributed by atoms with Gasteiger partial charge in [-0.3, -0.25) is 0 Å². The standard InChI is InChI=1S/C17H28N4O2/c1-12-6-7-14-15(8-9-21(5)16(14)19-12)20-23-11-13(22)10-18-17(2,3)4/h6-7,13,18,22H,8-11H2,1-5H3/b20-15+. The van der Waals surface area contributed by atoms with Gasteiger partial charge in [-0.15, -0.1) is 0 Å². The number of anilines is 1. The summed E-state index contributed by atoms with van der Waals surface area (Å²) in [7, 11) is 2.03. The summed E-state index contributed by atoms with van der Waals surface area (Å²) in [6.07, 6.45) is 0.227. The van der Waals surface area contributed by atoms with Gasteiger partial charge in [0.25, 0.3) is 0 Å². The van der Waals surface area contributed by atoms with Gasteiger partial charge in [-0.2, -0.15) is 0 Å². The van der Waals surface area contributed by atoms with E-state index in [1.54, 1.807) is 0 Å². The molecule has 1 atom stereocenters. The van der Waals surface area contributed by atoms with Crippen LogP contribution in [0.3, 0.4) is 0 Å². The van der Waals surface area contributed by atoms with Crippen LogP contribution < -0.4 is 10.2 Å². The Kier molecular flexibility index (Phi) is 5.59. The van der Waals surface area contributed by atoms with Gasteiger partial charge in [0.1, 0.15) is 18.5 Å². The van der Waals surface area contributed by atoms with Crippen LogP contribution in [0, 0.1) is 6.92 Å². The third kappa shape index (κ3) is 5.18. The molecule has 0 aliphatic carbocycles. The number of aromatic nitrogens is 1. The fraction of sp³-hybridized carbons (Fsp3) is 0.647. The molecule has 1 unspecified atom stereocenters. The molecule has 0 saturated heterocycles. The molecule has 128 valence electrons. The van der Waals surface area contributed by atoms with Crippen LogP contribution in [-0.2, 0) is 4.84 Å². The third-order valence-electron chi connectivity index (χ3n) is 3.68. The second kappa shape index (κ2) is 7.27. The Labute approximate surface area is 138 Å². The van der Waals surface area contributed by atoms with Crippen LogP contribution in [0.2, 0.25) is 0 Å². The minimum Gasteiger partial charge on any atom is -0.393 e. The number of rotatable bonds is 5. The van der Waals surface area contributed by atoms with E-state index in [9.17, 15) is 5.11 Å². The number of aliphatic hydroxyl groups excluding tert-OH is 1. The molecule has 0 saturated carbocycles. The first-order valence-corrected chi connectivity index (χ1v) is 8.07. The molecule has 1 aromatic heterocycles. The Morgan fingerprint density at radius 2 is 2.17 bits per heavy atom. The summed E-state index contributed by atoms with van der Waals surface area (Å²) >= 11 is 0. The van der Waals surface area contributed by atoms with Crippen LogP contribution in [0.25, 0.3) is 0 Å². The van der Waals surface area contributed by atoms with Crippen LogP contribution in [0.15, 0.2) is 17.3 Å². The maximum absolute atomic E-state index is 9.94. The first-order valence-electron chi connectivity index (χ1n) is 8.07. The zero-order chi connectivity index (χ0) is 17.0. The summed E-state index contributed by atoms with van der Waals surface area (Å²) in [6, 6.07) is 4.02. The lowest BCUT2D eigenvalue weighted by molar-refractivity contribution is 0.0371. The lowest BCUT2D eigenvalue weighted by Crippen LogP contribution is -2.42. The van der Waals surface area contributed by atoms with Gasteiger partial charge in [-0.25, -0.2) is 4.98 Å². The van der Waals surface area contributed by atoms with Gasteiger partial charge < -0.3 is 20.2 Å². The second-order valence-corrected chi connectivity index (χ2v) is 7.11. The zero-order valence-corrected chi connectivity index (χ0v) is 14.8. The van der Waals surface area contributed by atoms with Crippen LogP contribution in [0.1, 0.15) is 38.4 Å². The number of pyridine rings is 1. The number of aryl methyl sites for hydroxylation is 1. The molecule has 6 heteroatoms. The van der Waals surface area contributed by atoms with E-state index in [4.69, 9.17) is 4.84 Å². The van der Waals surface area contributed by atoms with Gasteiger partial charge in [0.15, 0.2) is 0 Å². The van der Waals surface area contributed by atoms with E-state index in [-0.39, 0.29) is 12.1 Å². The van der Waals surface area contributed by atoms with E-state index in [2.05, 4.69) is 41.1 Å². The highest BCUT2D eigenvalue weighted by Gasteiger charge is 2.21. The molecule has 23 heavy (non-hydrogen) atoms. The number of oxime groups is 1. The summed E-state index contributed by atoms with van der Waals surface area (Å²) in [4.78, 5) is 12.1. The van der Waals surface area contributed by atoms with E-state index >= 15 is 0 Å². The fourth-order valence-electron chi connectivity index (χ4n) is 2.35. The molecule has 0 aromatic carbocycles. The van der Waals surface area contributed by atoms with E-state index < -0.39 is 6.10 Å². The van der Waals surface area contributed by atoms with Crippen molar-refractivity contribution in [2.45, 2.75) is 45.8 Å². The van der Waals surface area contributed by atoms with Gasteiger partial charge in [-0.05, 0) is 39.8 Å². The van der Waals surface area contributed by atoms with E-state index in [1.165, 1.54) is 0 Å². The summed E-state index contributed by atoms with van der Waals surface area (Å²) in [5.74, 6) is 0.938. The highest BCUT2D eigenvalue weighted by atomic mass is 16.6. The minimum atomic E-state index is -0.583. The molecule has 0 amide bonds. The summed E-state index contributed by atoms with van der Waals surface area (Å²) in [5, 5.41) is 17.4. The quantitative estimate of drug-likeness (QED) is 0.808. The Bertz CT molecular complexity index is 566. The molecule has 2 N–H and O–H groups in total. The number of hydrogen-bond acceptors (Lipinski definition) is 6. The monoisotopic (exact) mass is 320 g/mol. The van der Waals surface area contributed by atoms with Crippen molar-refractivity contribution in [3.8, 4) is 0 Å². The average Bonchev–Trinajstić information content (AvgIpc) is 2.47. The molecule has 2 rings (SSSR count). The normalized spacial score (nSPS) is 18.0. The lowest BCUT2D eigenvalue weighted by Gasteiger charge is -2.27. The molecule has 0 spiro atoms. The minimum absolute atomic E-state index is 0.0245. The van der Waals surface area contributed by atoms with E-state index in [1.807, 2.05) is 26.1 Å². The Balaban J connectivity index is 1.95. The average molecular weight is 320 g/mol. The van der Waals surface area contributed by atoms with Gasteiger partial charge in [0.05, 0.1) is 5.71 Å². The first kappa shape index (κ1) is 17.7. The second-order valence-electron chi connectivity index (χ2n) is 7.11. The van der Waals surface area contributed by atoms with Crippen molar-refractivity contribution < 1.29 is 9.94 Å². The van der Waals surface area contributed by atoms with Crippen molar-refractivity contribution in [2.75, 3.05) is 31.6 Å². The molecular weight excluding hydrogens is 292 g/mol. The summed E-state index contributed by atoms with van der Waals surface area (Å²) in [5.41, 5.74) is 2.86. The molecular formula is C17H28N4O2. The summed E-state index contributed by atoms with van der Waals surface area (Å²) < 4.78 is 0. The van der Waals surface area contributed by atoms with Crippen molar-refractivity contribution in [3.05, 3.63) is 23.4 Å². The number of nitrogens with zero attached hydrogens (tertiary/aromatic N) is 3. The molecule has 0 fully saturated rings. The maximum atomic E-state index is 9.94. The Hall–Kier alpha value is -1.66. The molecule has 2 heterocycles. The number of hydrogen-bond donors (Lipinski definition) is 2. The van der Waals surface area contributed by atoms with Gasteiger partial charge >= 0.3 is 0 Å². The smallest absolute Gasteiger partial charge is 0.144 e. The SMILES string of the molecule is Cc1ccc2c(n1)N(C)CC/C2=N\OCC(O)CNC(C)(C)C. The van der Waals surface area contributed by atoms with Crippen molar-refractivity contribution in [1.82, 2.24) is 10.3 Å². The van der Waals surface area contributed by atoms with Crippen LogP contribution in [-0.4, -0.2) is 54.2 Å². The third-order valence-corrected chi connectivity index (χ3v) is 3.68. The molecule has 0 radical (unpaired) electrons. The van der Waals surface area contributed by atoms with Crippen LogP contribution >= 0.6 is 0 Å². The molecule has 1 aromatic rings. The van der Waals surface area contributed by atoms with Crippen molar-refractivity contribution in [3.63, 3.8) is 0 Å². The lowest BCUT2D eigenvalue weighted by atomic mass is 10.0. The van der Waals surface area contributed by atoms with Gasteiger partial charge in [-0.1, -0.05) is 5.16 Å². The topological polar surface area (TPSA) is 70.0 Å². The molecule has 1 aliphatic rings. The predicted molar refractivity (Wildman–Crippen MR) is 93.1 cm³/mol. The van der Waals surface area contributed by atoms with E-state index in [0.717, 1.165) is 35.8 Å². The van der Waals surface area contributed by atoms with Crippen molar-refractivity contribution in [1.29, 1.82) is 0 Å². The van der Waals surface area contributed by atoms with Crippen LogP contribution in [0.4, 0.5) is 5.82 Å². The first-order chi connectivity index (χ1) is 10.8. The van der Waals surface area contributed by atoms with Crippen molar-refractivity contribution in [2.24, 2.45) is 5.16 Å². The number of aliphatic hydroxyl groups is 1. The number of nitrogens with one attached hydrogen (secondary N) is 1. The highest BCUT2D eigenvalue weighted by Crippen LogP contribution is 2.24. The van der Waals surface area contributed by atoms with Gasteiger partial charge in [0, 0.05) is 43.4 Å². The van der Waals surface area contributed by atoms with Crippen molar-refractivity contribution >= 4 is 11.5 Å². The Morgan fingerprint density at radius 1 is 1.43 bits per heavy atom. The molecule has 6 nitrogen and oxygen atoms in total. The maximum Gasteiger partial charge on any atom is 0.144 e. The van der Waals surface area contributed by atoms with Crippen LogP contribution in [0.5, 0.6) is 0 Å². The molecule has 0 bridgehead atoms. The molecule has 1 aliphatic heterocycles. The number of β-amino-alcohol motifs (C(OH)–C–C–N with tert-alkyl or cyclic N) is 1. The Morgan fingerprint density at radius 3 is 2.87 bits per heavy atom. The predicted octanol–water partition coefficient (Wildman–Crippen LogP) is 1.70.